The van der Waals surface area contributed by atoms with Crippen LogP contribution in [0.15, 0.2) is 92.4 Å². The molecular formula is C18H13NS2. The Morgan fingerprint density at radius 1 is 0.619 bits per heavy atom. The van der Waals surface area contributed by atoms with Gasteiger partial charge in [-0.05, 0) is 54.6 Å². The maximum atomic E-state index is 3.53. The Kier molecular flexibility index (Phi) is 3.37. The molecule has 0 saturated carbocycles. The number of fused-ring (bicyclic) bond motifs is 2. The van der Waals surface area contributed by atoms with Gasteiger partial charge in [-0.3, -0.25) is 0 Å². The maximum Gasteiger partial charge on any atom is 0.0526 e. The van der Waals surface area contributed by atoms with Gasteiger partial charge < -0.3 is 5.32 Å². The first-order valence-electron chi connectivity index (χ1n) is 6.79. The summed E-state index contributed by atoms with van der Waals surface area (Å²) >= 11 is 3.58. The summed E-state index contributed by atoms with van der Waals surface area (Å²) in [5.74, 6) is 0. The van der Waals surface area contributed by atoms with E-state index in [0.717, 1.165) is 11.4 Å². The lowest BCUT2D eigenvalue weighted by Gasteiger charge is -2.14. The van der Waals surface area contributed by atoms with Crippen LogP contribution in [0.25, 0.3) is 0 Å². The molecule has 0 radical (unpaired) electrons. The third-order valence-corrected chi connectivity index (χ3v) is 5.37. The molecule has 0 amide bonds. The van der Waals surface area contributed by atoms with Crippen molar-refractivity contribution < 1.29 is 0 Å². The predicted molar refractivity (Wildman–Crippen MR) is 90.9 cm³/mol. The highest BCUT2D eigenvalue weighted by Crippen LogP contribution is 2.38. The van der Waals surface area contributed by atoms with Crippen LogP contribution in [-0.4, -0.2) is 0 Å². The van der Waals surface area contributed by atoms with Crippen LogP contribution in [0.1, 0.15) is 0 Å². The van der Waals surface area contributed by atoms with E-state index in [9.17, 15) is 0 Å². The van der Waals surface area contributed by atoms with Crippen LogP contribution >= 0.6 is 23.5 Å². The van der Waals surface area contributed by atoms with E-state index in [0.29, 0.717) is 0 Å². The Morgan fingerprint density at radius 3 is 2.24 bits per heavy atom. The molecule has 2 aliphatic rings. The smallest absolute Gasteiger partial charge is 0.0526 e. The number of hydrogen-bond donors (Lipinski definition) is 1. The van der Waals surface area contributed by atoms with Crippen LogP contribution in [0.4, 0.5) is 11.4 Å². The Morgan fingerprint density at radius 2 is 1.38 bits per heavy atom. The van der Waals surface area contributed by atoms with E-state index in [1.54, 1.807) is 23.5 Å². The lowest BCUT2D eigenvalue weighted by atomic mass is 10.2. The van der Waals surface area contributed by atoms with E-state index >= 15 is 0 Å². The lowest BCUT2D eigenvalue weighted by Crippen LogP contribution is -1.93. The van der Waals surface area contributed by atoms with Gasteiger partial charge >= 0.3 is 0 Å². The molecule has 0 atom stereocenters. The van der Waals surface area contributed by atoms with E-state index < -0.39 is 0 Å². The Labute approximate surface area is 132 Å². The molecule has 21 heavy (non-hydrogen) atoms. The van der Waals surface area contributed by atoms with Gasteiger partial charge in [-0.2, -0.15) is 0 Å². The molecule has 0 aromatic heterocycles. The van der Waals surface area contributed by atoms with Gasteiger partial charge in [0.05, 0.1) is 5.69 Å². The highest BCUT2D eigenvalue weighted by atomic mass is 32.2. The van der Waals surface area contributed by atoms with Crippen molar-refractivity contribution in [2.45, 2.75) is 19.6 Å². The van der Waals surface area contributed by atoms with Crippen molar-refractivity contribution in [1.82, 2.24) is 0 Å². The highest BCUT2D eigenvalue weighted by molar-refractivity contribution is 8.00. The van der Waals surface area contributed by atoms with Crippen LogP contribution in [0.3, 0.4) is 0 Å². The molecule has 5 rings (SSSR count). The summed E-state index contributed by atoms with van der Waals surface area (Å²) in [6.07, 6.45) is 0. The minimum atomic E-state index is 1.13. The zero-order chi connectivity index (χ0) is 14.1. The maximum absolute atomic E-state index is 3.53. The number of hydrogen-bond acceptors (Lipinski definition) is 3. The fourth-order valence-corrected chi connectivity index (χ4v) is 4.07. The standard InChI is InChI=1S/C18H13NS2/c1-2-7-18-17(6-1)19-13-4-3-5-16(12-13)20-14-8-10-15(21-18)11-9-14/h1-12,19H. The number of benzene rings is 3. The molecule has 1 N–H and O–H groups in total. The molecule has 1 nitrogen and oxygen atoms in total. The molecule has 3 aromatic carbocycles. The minimum absolute atomic E-state index is 1.13. The van der Waals surface area contributed by atoms with E-state index in [2.05, 4.69) is 78.1 Å². The topological polar surface area (TPSA) is 12.0 Å². The average Bonchev–Trinajstić information content (AvgIpc) is 2.51. The zero-order valence-electron chi connectivity index (χ0n) is 11.2. The minimum Gasteiger partial charge on any atom is -0.355 e. The number of rotatable bonds is 0. The fourth-order valence-electron chi connectivity index (χ4n) is 2.29. The molecule has 0 fully saturated rings. The van der Waals surface area contributed by atoms with Crippen LogP contribution < -0.4 is 5.32 Å². The molecular weight excluding hydrogens is 294 g/mol. The number of nitrogens with one attached hydrogen (secondary N) is 1. The van der Waals surface area contributed by atoms with E-state index in [1.165, 1.54) is 19.6 Å². The summed E-state index contributed by atoms with van der Waals surface area (Å²) in [4.78, 5) is 5.02. The van der Waals surface area contributed by atoms with Gasteiger partial charge in [0.15, 0.2) is 0 Å². The van der Waals surface area contributed by atoms with Gasteiger partial charge in [0.2, 0.25) is 0 Å². The van der Waals surface area contributed by atoms with Gasteiger partial charge in [-0.15, -0.1) is 0 Å². The van der Waals surface area contributed by atoms with Gasteiger partial charge in [0, 0.05) is 25.3 Å². The lowest BCUT2D eigenvalue weighted by molar-refractivity contribution is 1.31. The van der Waals surface area contributed by atoms with Crippen molar-refractivity contribution in [3.05, 3.63) is 72.8 Å². The normalized spacial score (nSPS) is 12.8. The number of para-hydroxylation sites is 1. The summed E-state index contributed by atoms with van der Waals surface area (Å²) in [5, 5.41) is 3.53. The summed E-state index contributed by atoms with van der Waals surface area (Å²) in [6.45, 7) is 0. The largest absolute Gasteiger partial charge is 0.355 e. The van der Waals surface area contributed by atoms with Crippen molar-refractivity contribution in [1.29, 1.82) is 0 Å². The monoisotopic (exact) mass is 307 g/mol. The third kappa shape index (κ3) is 2.80. The first-order valence-corrected chi connectivity index (χ1v) is 8.42. The summed E-state index contributed by atoms with van der Waals surface area (Å²) in [6, 6.07) is 25.8. The Balaban J connectivity index is 1.88. The second-order valence-corrected chi connectivity index (χ2v) is 7.09. The predicted octanol–water partition coefficient (Wildman–Crippen LogP) is 6.05. The SMILES string of the molecule is c1cc2cc(c1)Sc1ccc(cc1)Sc1ccccc1N2. The molecule has 102 valence electrons. The Hall–Kier alpha value is -1.84. The summed E-state index contributed by atoms with van der Waals surface area (Å²) in [5.41, 5.74) is 2.28. The van der Waals surface area contributed by atoms with Crippen molar-refractivity contribution in [2.24, 2.45) is 0 Å². The van der Waals surface area contributed by atoms with Gasteiger partial charge in [-0.1, -0.05) is 41.7 Å². The van der Waals surface area contributed by atoms with Crippen molar-refractivity contribution >= 4 is 34.9 Å². The molecule has 0 saturated heterocycles. The molecule has 4 bridgehead atoms. The first kappa shape index (κ1) is 12.9. The van der Waals surface area contributed by atoms with Crippen LogP contribution in [-0.2, 0) is 0 Å². The van der Waals surface area contributed by atoms with E-state index in [-0.39, 0.29) is 0 Å². The summed E-state index contributed by atoms with van der Waals surface area (Å²) < 4.78 is 0. The van der Waals surface area contributed by atoms with Gasteiger partial charge in [0.1, 0.15) is 0 Å². The zero-order valence-corrected chi connectivity index (χ0v) is 12.9. The van der Waals surface area contributed by atoms with Gasteiger partial charge in [0.25, 0.3) is 0 Å². The van der Waals surface area contributed by atoms with E-state index in [1.807, 2.05) is 0 Å². The quantitative estimate of drug-likeness (QED) is 0.425. The second kappa shape index (κ2) is 5.51. The molecule has 2 heterocycles. The molecule has 3 heteroatoms. The van der Waals surface area contributed by atoms with Crippen molar-refractivity contribution in [2.75, 3.05) is 5.32 Å². The van der Waals surface area contributed by atoms with E-state index in [4.69, 9.17) is 0 Å². The van der Waals surface area contributed by atoms with Gasteiger partial charge in [-0.25, -0.2) is 0 Å². The molecule has 0 aliphatic carbocycles. The molecule has 2 aliphatic heterocycles. The molecule has 0 spiro atoms. The van der Waals surface area contributed by atoms with Crippen molar-refractivity contribution in [3.63, 3.8) is 0 Å². The first-order chi connectivity index (χ1) is 10.4. The second-order valence-electron chi connectivity index (χ2n) is 4.82. The molecule has 3 aromatic rings. The Bertz CT molecular complexity index is 781. The average molecular weight is 307 g/mol. The highest BCUT2D eigenvalue weighted by Gasteiger charge is 2.07. The van der Waals surface area contributed by atoms with Crippen LogP contribution in [0.2, 0.25) is 0 Å². The van der Waals surface area contributed by atoms with Crippen LogP contribution in [0.5, 0.6) is 0 Å². The van der Waals surface area contributed by atoms with Crippen LogP contribution in [0, 0.1) is 0 Å². The summed E-state index contributed by atoms with van der Waals surface area (Å²) in [7, 11) is 0. The third-order valence-electron chi connectivity index (χ3n) is 3.29. The van der Waals surface area contributed by atoms with Crippen molar-refractivity contribution in [3.8, 4) is 0 Å². The fraction of sp³-hybridized carbons (Fsp3) is 0. The number of anilines is 2. The molecule has 0 unspecified atom stereocenters.